The minimum absolute atomic E-state index is 0.0140. The van der Waals surface area contributed by atoms with Gasteiger partial charge in [-0.3, -0.25) is 19.4 Å². The van der Waals surface area contributed by atoms with E-state index in [0.717, 1.165) is 57.5 Å². The highest BCUT2D eigenvalue weighted by molar-refractivity contribution is 5.98. The lowest BCUT2D eigenvalue weighted by molar-refractivity contribution is -0.153. The van der Waals surface area contributed by atoms with Crippen molar-refractivity contribution < 1.29 is 19.1 Å². The number of likely N-dealkylation sites (tertiary alicyclic amines) is 1. The fourth-order valence-electron chi connectivity index (χ4n) is 5.35. The lowest BCUT2D eigenvalue weighted by atomic mass is 9.76. The van der Waals surface area contributed by atoms with Crippen LogP contribution in [0.25, 0.3) is 0 Å². The molecule has 0 atom stereocenters. The quantitative estimate of drug-likeness (QED) is 0.514. The molecule has 2 amide bonds. The molecular formula is C24H33N3O4. The Balaban J connectivity index is 1.29. The first-order valence-corrected chi connectivity index (χ1v) is 11.6. The molecule has 1 saturated carbocycles. The lowest BCUT2D eigenvalue weighted by Gasteiger charge is -2.40. The number of esters is 1. The van der Waals surface area contributed by atoms with Gasteiger partial charge < -0.3 is 9.64 Å². The Hall–Kier alpha value is -2.41. The molecule has 1 spiro atoms. The van der Waals surface area contributed by atoms with Crippen LogP contribution >= 0.6 is 0 Å². The van der Waals surface area contributed by atoms with Crippen molar-refractivity contribution in [3.63, 3.8) is 0 Å². The molecule has 1 aliphatic carbocycles. The third kappa shape index (κ3) is 4.76. The smallest absolute Gasteiger partial charge is 0.340 e. The fourth-order valence-corrected chi connectivity index (χ4v) is 5.35. The molecule has 1 aromatic carbocycles. The molecule has 4 rings (SSSR count). The van der Waals surface area contributed by atoms with E-state index in [2.05, 4.69) is 9.80 Å². The summed E-state index contributed by atoms with van der Waals surface area (Å²) in [6.07, 6.45) is 5.41. The molecular weight excluding hydrogens is 394 g/mol. The number of piperidine rings is 1. The van der Waals surface area contributed by atoms with Crippen LogP contribution in [0.1, 0.15) is 55.8 Å². The molecule has 3 aliphatic rings. The van der Waals surface area contributed by atoms with Crippen molar-refractivity contribution >= 4 is 23.5 Å². The molecule has 7 nitrogen and oxygen atoms in total. The van der Waals surface area contributed by atoms with Crippen molar-refractivity contribution in [1.82, 2.24) is 9.80 Å². The number of carbonyl (C=O) groups is 3. The Kier molecular flexibility index (Phi) is 6.60. The van der Waals surface area contributed by atoms with Crippen LogP contribution in [0, 0.1) is 5.41 Å². The van der Waals surface area contributed by atoms with E-state index in [1.54, 1.807) is 0 Å². The summed E-state index contributed by atoms with van der Waals surface area (Å²) in [4.78, 5) is 43.6. The molecule has 168 valence electrons. The molecule has 0 radical (unpaired) electrons. The summed E-state index contributed by atoms with van der Waals surface area (Å²) in [7, 11) is 0. The second kappa shape index (κ2) is 9.39. The number of para-hydroxylation sites is 1. The zero-order valence-corrected chi connectivity index (χ0v) is 18.5. The van der Waals surface area contributed by atoms with Gasteiger partial charge in [0.2, 0.25) is 11.8 Å². The average molecular weight is 428 g/mol. The average Bonchev–Trinajstić information content (AvgIpc) is 3.21. The van der Waals surface area contributed by atoms with Gasteiger partial charge in [0.15, 0.2) is 0 Å². The number of ether oxygens (including phenoxy) is 1. The van der Waals surface area contributed by atoms with Crippen molar-refractivity contribution in [3.05, 3.63) is 29.8 Å². The van der Waals surface area contributed by atoms with Gasteiger partial charge >= 0.3 is 5.97 Å². The monoisotopic (exact) mass is 427 g/mol. The second-order valence-corrected chi connectivity index (χ2v) is 9.07. The number of benzene rings is 1. The number of amides is 2. The van der Waals surface area contributed by atoms with Crippen LogP contribution in [0.15, 0.2) is 24.3 Å². The summed E-state index contributed by atoms with van der Waals surface area (Å²) in [6.45, 7) is 6.60. The van der Waals surface area contributed by atoms with E-state index in [1.807, 2.05) is 31.2 Å². The van der Waals surface area contributed by atoms with Crippen LogP contribution < -0.4 is 4.90 Å². The highest BCUT2D eigenvalue weighted by Gasteiger charge is 2.44. The number of hydrogen-bond acceptors (Lipinski definition) is 6. The summed E-state index contributed by atoms with van der Waals surface area (Å²) >= 11 is 0. The van der Waals surface area contributed by atoms with Crippen LogP contribution in [-0.4, -0.2) is 73.5 Å². The number of nitrogens with zero attached hydrogens (tertiary/aromatic N) is 3. The number of imide groups is 1. The molecule has 2 saturated heterocycles. The Morgan fingerprint density at radius 3 is 2.26 bits per heavy atom. The van der Waals surface area contributed by atoms with Crippen LogP contribution in [0.2, 0.25) is 0 Å². The van der Waals surface area contributed by atoms with Crippen molar-refractivity contribution in [2.45, 2.75) is 45.4 Å². The van der Waals surface area contributed by atoms with E-state index in [9.17, 15) is 14.4 Å². The van der Waals surface area contributed by atoms with Crippen molar-refractivity contribution in [1.29, 1.82) is 0 Å². The highest BCUT2D eigenvalue weighted by atomic mass is 16.5. The van der Waals surface area contributed by atoms with Crippen LogP contribution in [0.4, 0.5) is 5.69 Å². The number of anilines is 1. The van der Waals surface area contributed by atoms with E-state index in [-0.39, 0.29) is 23.2 Å². The van der Waals surface area contributed by atoms with Crippen LogP contribution in [0.5, 0.6) is 0 Å². The van der Waals surface area contributed by atoms with Gasteiger partial charge in [-0.1, -0.05) is 25.0 Å². The highest BCUT2D eigenvalue weighted by Crippen LogP contribution is 2.46. The predicted octanol–water partition coefficient (Wildman–Crippen LogP) is 2.69. The first kappa shape index (κ1) is 21.8. The maximum absolute atomic E-state index is 12.7. The van der Waals surface area contributed by atoms with E-state index < -0.39 is 0 Å². The van der Waals surface area contributed by atoms with Gasteiger partial charge in [0.1, 0.15) is 0 Å². The number of hydrogen-bond donors (Lipinski definition) is 0. The zero-order chi connectivity index (χ0) is 21.8. The molecule has 2 aliphatic heterocycles. The minimum Gasteiger partial charge on any atom is -0.462 e. The molecule has 0 N–H and O–H groups in total. The molecule has 1 aromatic rings. The van der Waals surface area contributed by atoms with Gasteiger partial charge in [0, 0.05) is 52.1 Å². The van der Waals surface area contributed by atoms with E-state index in [4.69, 9.17) is 4.74 Å². The standard InChI is InChI=1S/C24H33N3O4/c1-2-31-23(30)19-7-3-4-8-20(19)26-14-11-25(12-15-26)13-16-27-21(28)17-24(18-22(27)29)9-5-6-10-24/h3-4,7-8H,2,5-6,9-18H2,1H3. The number of piperazine rings is 1. The maximum atomic E-state index is 12.7. The van der Waals surface area contributed by atoms with Gasteiger partial charge in [-0.05, 0) is 37.3 Å². The first-order valence-electron chi connectivity index (χ1n) is 11.6. The van der Waals surface area contributed by atoms with Gasteiger partial charge in [-0.15, -0.1) is 0 Å². The molecule has 31 heavy (non-hydrogen) atoms. The van der Waals surface area contributed by atoms with E-state index in [0.29, 0.717) is 38.1 Å². The topological polar surface area (TPSA) is 70.2 Å². The third-order valence-electron chi connectivity index (χ3n) is 7.07. The SMILES string of the molecule is CCOC(=O)c1ccccc1N1CCN(CCN2C(=O)CC3(CCCC3)CC2=O)CC1. The normalized spacial score (nSPS) is 21.7. The summed E-state index contributed by atoms with van der Waals surface area (Å²) < 4.78 is 5.20. The molecule has 7 heteroatoms. The minimum atomic E-state index is -0.289. The second-order valence-electron chi connectivity index (χ2n) is 9.07. The summed E-state index contributed by atoms with van der Waals surface area (Å²) in [5.74, 6) is -0.261. The Bertz CT molecular complexity index is 806. The van der Waals surface area contributed by atoms with Crippen molar-refractivity contribution in [3.8, 4) is 0 Å². The Morgan fingerprint density at radius 2 is 1.61 bits per heavy atom. The molecule has 3 fully saturated rings. The largest absolute Gasteiger partial charge is 0.462 e. The van der Waals surface area contributed by atoms with Gasteiger partial charge in [-0.2, -0.15) is 0 Å². The lowest BCUT2D eigenvalue weighted by Crippen LogP contribution is -2.52. The summed E-state index contributed by atoms with van der Waals surface area (Å²) in [6, 6.07) is 7.57. The predicted molar refractivity (Wildman–Crippen MR) is 118 cm³/mol. The first-order chi connectivity index (χ1) is 15.0. The molecule has 0 bridgehead atoms. The van der Waals surface area contributed by atoms with Crippen molar-refractivity contribution in [2.24, 2.45) is 5.41 Å². The maximum Gasteiger partial charge on any atom is 0.340 e. The summed E-state index contributed by atoms with van der Waals surface area (Å²) in [5.41, 5.74) is 1.47. The zero-order valence-electron chi connectivity index (χ0n) is 18.5. The van der Waals surface area contributed by atoms with E-state index in [1.165, 1.54) is 4.90 Å². The third-order valence-corrected chi connectivity index (χ3v) is 7.07. The van der Waals surface area contributed by atoms with Crippen molar-refractivity contribution in [2.75, 3.05) is 50.8 Å². The molecule has 0 aromatic heterocycles. The Labute approximate surface area is 184 Å². The van der Waals surface area contributed by atoms with Gasteiger partial charge in [0.25, 0.3) is 0 Å². The summed E-state index contributed by atoms with van der Waals surface area (Å²) in [5, 5.41) is 0. The van der Waals surface area contributed by atoms with Gasteiger partial charge in [0.05, 0.1) is 17.9 Å². The number of carbonyl (C=O) groups excluding carboxylic acids is 3. The van der Waals surface area contributed by atoms with Crippen LogP contribution in [-0.2, 0) is 14.3 Å². The van der Waals surface area contributed by atoms with Crippen LogP contribution in [0.3, 0.4) is 0 Å². The Morgan fingerprint density at radius 1 is 0.968 bits per heavy atom. The fraction of sp³-hybridized carbons (Fsp3) is 0.625. The number of rotatable bonds is 6. The van der Waals surface area contributed by atoms with E-state index >= 15 is 0 Å². The molecule has 2 heterocycles. The molecule has 0 unspecified atom stereocenters. The van der Waals surface area contributed by atoms with Gasteiger partial charge in [-0.25, -0.2) is 4.79 Å².